The standard InChI is InChI=1S/C15H18OS/c1-2-3-10-17-11-13-9-8-12-6-4-5-7-14(12)15(13)16/h4-7,11H,2-3,8-10H2,1H3/b13-11+. The number of benzene rings is 1. The number of carbonyl (C=O) groups excluding carboxylic acids is 1. The van der Waals surface area contributed by atoms with E-state index in [2.05, 4.69) is 18.4 Å². The largest absolute Gasteiger partial charge is 0.289 e. The third-order valence-electron chi connectivity index (χ3n) is 3.06. The predicted octanol–water partition coefficient (Wildman–Crippen LogP) is 4.23. The molecule has 0 unspecified atom stereocenters. The lowest BCUT2D eigenvalue weighted by Gasteiger charge is -2.16. The lowest BCUT2D eigenvalue weighted by atomic mass is 9.88. The molecule has 1 nitrogen and oxygen atoms in total. The van der Waals surface area contributed by atoms with Crippen molar-refractivity contribution in [2.75, 3.05) is 5.75 Å². The van der Waals surface area contributed by atoms with Crippen molar-refractivity contribution in [1.82, 2.24) is 0 Å². The van der Waals surface area contributed by atoms with E-state index >= 15 is 0 Å². The van der Waals surface area contributed by atoms with Crippen molar-refractivity contribution in [1.29, 1.82) is 0 Å². The first-order chi connectivity index (χ1) is 8.33. The Morgan fingerprint density at radius 3 is 2.94 bits per heavy atom. The number of fused-ring (bicyclic) bond motifs is 1. The molecule has 0 saturated heterocycles. The molecule has 1 aliphatic rings. The molecular weight excluding hydrogens is 228 g/mol. The number of carbonyl (C=O) groups is 1. The highest BCUT2D eigenvalue weighted by atomic mass is 32.2. The summed E-state index contributed by atoms with van der Waals surface area (Å²) in [6.07, 6.45) is 4.34. The molecule has 0 radical (unpaired) electrons. The second-order valence-corrected chi connectivity index (χ2v) is 5.33. The van der Waals surface area contributed by atoms with E-state index in [0.29, 0.717) is 0 Å². The van der Waals surface area contributed by atoms with E-state index in [0.717, 1.165) is 29.7 Å². The SMILES string of the molecule is CCCCS/C=C1\CCc2ccccc2C1=O. The van der Waals surface area contributed by atoms with Crippen molar-refractivity contribution >= 4 is 17.5 Å². The number of thioether (sulfide) groups is 1. The quantitative estimate of drug-likeness (QED) is 0.584. The fraction of sp³-hybridized carbons (Fsp3) is 0.400. The van der Waals surface area contributed by atoms with E-state index in [-0.39, 0.29) is 5.78 Å². The normalized spacial score (nSPS) is 17.2. The van der Waals surface area contributed by atoms with Gasteiger partial charge in [0.2, 0.25) is 0 Å². The van der Waals surface area contributed by atoms with Gasteiger partial charge in [-0.3, -0.25) is 4.79 Å². The number of rotatable bonds is 4. The molecule has 0 saturated carbocycles. The Hall–Kier alpha value is -1.02. The summed E-state index contributed by atoms with van der Waals surface area (Å²) in [5, 5.41) is 2.08. The van der Waals surface area contributed by atoms with Gasteiger partial charge < -0.3 is 0 Å². The first-order valence-electron chi connectivity index (χ1n) is 6.26. The predicted molar refractivity (Wildman–Crippen MR) is 74.5 cm³/mol. The van der Waals surface area contributed by atoms with Gasteiger partial charge in [-0.1, -0.05) is 37.6 Å². The average Bonchev–Trinajstić information content (AvgIpc) is 2.37. The number of hydrogen-bond donors (Lipinski definition) is 0. The molecule has 1 aromatic rings. The molecule has 1 aliphatic carbocycles. The molecule has 0 N–H and O–H groups in total. The first kappa shape index (κ1) is 12.4. The molecule has 90 valence electrons. The van der Waals surface area contributed by atoms with Gasteiger partial charge in [0.15, 0.2) is 5.78 Å². The fourth-order valence-electron chi connectivity index (χ4n) is 2.02. The van der Waals surface area contributed by atoms with E-state index in [1.165, 1.54) is 18.4 Å². The molecule has 0 bridgehead atoms. The topological polar surface area (TPSA) is 17.1 Å². The van der Waals surface area contributed by atoms with Crippen molar-refractivity contribution in [3.63, 3.8) is 0 Å². The maximum Gasteiger partial charge on any atom is 0.189 e. The minimum Gasteiger partial charge on any atom is -0.289 e. The average molecular weight is 246 g/mol. The molecule has 17 heavy (non-hydrogen) atoms. The number of allylic oxidation sites excluding steroid dienone is 1. The second kappa shape index (κ2) is 6.06. The smallest absolute Gasteiger partial charge is 0.189 e. The van der Waals surface area contributed by atoms with Crippen LogP contribution in [0.4, 0.5) is 0 Å². The van der Waals surface area contributed by atoms with Crippen LogP contribution in [0.5, 0.6) is 0 Å². The molecule has 2 rings (SSSR count). The molecule has 2 heteroatoms. The van der Waals surface area contributed by atoms with Crippen LogP contribution in [0.25, 0.3) is 0 Å². The van der Waals surface area contributed by atoms with Gasteiger partial charge in [-0.25, -0.2) is 0 Å². The highest BCUT2D eigenvalue weighted by molar-refractivity contribution is 8.02. The third kappa shape index (κ3) is 3.01. The second-order valence-electron chi connectivity index (χ2n) is 4.35. The van der Waals surface area contributed by atoms with Crippen LogP contribution in [0, 0.1) is 0 Å². The molecule has 0 aromatic heterocycles. The molecular formula is C15H18OS. The van der Waals surface area contributed by atoms with Crippen molar-refractivity contribution in [3.8, 4) is 0 Å². The van der Waals surface area contributed by atoms with Crippen molar-refractivity contribution in [2.24, 2.45) is 0 Å². The van der Waals surface area contributed by atoms with Crippen LogP contribution in [0.1, 0.15) is 42.1 Å². The maximum atomic E-state index is 12.2. The van der Waals surface area contributed by atoms with Gasteiger partial charge in [0, 0.05) is 11.1 Å². The molecule has 0 spiro atoms. The van der Waals surface area contributed by atoms with Gasteiger partial charge in [-0.2, -0.15) is 0 Å². The van der Waals surface area contributed by atoms with E-state index in [1.807, 2.05) is 18.2 Å². The Labute approximate surface area is 107 Å². The van der Waals surface area contributed by atoms with Crippen molar-refractivity contribution < 1.29 is 4.79 Å². The summed E-state index contributed by atoms with van der Waals surface area (Å²) in [6.45, 7) is 2.19. The number of unbranched alkanes of at least 4 members (excludes halogenated alkanes) is 1. The number of aryl methyl sites for hydroxylation is 1. The zero-order valence-corrected chi connectivity index (χ0v) is 11.1. The molecule has 0 aliphatic heterocycles. The van der Waals surface area contributed by atoms with Gasteiger partial charge in [-0.05, 0) is 36.0 Å². The van der Waals surface area contributed by atoms with Crippen LogP contribution in [0.2, 0.25) is 0 Å². The number of ketones is 1. The lowest BCUT2D eigenvalue weighted by Crippen LogP contribution is -2.13. The Bertz CT molecular complexity index is 434. The van der Waals surface area contributed by atoms with Gasteiger partial charge in [0.1, 0.15) is 0 Å². The summed E-state index contributed by atoms with van der Waals surface area (Å²) in [5.74, 6) is 1.35. The van der Waals surface area contributed by atoms with Crippen LogP contribution in [0.15, 0.2) is 35.2 Å². The Morgan fingerprint density at radius 1 is 1.29 bits per heavy atom. The monoisotopic (exact) mass is 246 g/mol. The fourth-order valence-corrected chi connectivity index (χ4v) is 3.01. The van der Waals surface area contributed by atoms with Crippen LogP contribution in [-0.4, -0.2) is 11.5 Å². The van der Waals surface area contributed by atoms with E-state index in [1.54, 1.807) is 11.8 Å². The van der Waals surface area contributed by atoms with Crippen LogP contribution in [-0.2, 0) is 6.42 Å². The van der Waals surface area contributed by atoms with Crippen LogP contribution in [0.3, 0.4) is 0 Å². The Kier molecular flexibility index (Phi) is 4.43. The summed E-state index contributed by atoms with van der Waals surface area (Å²) in [7, 11) is 0. The van der Waals surface area contributed by atoms with Crippen molar-refractivity contribution in [3.05, 3.63) is 46.4 Å². The van der Waals surface area contributed by atoms with Gasteiger partial charge in [0.25, 0.3) is 0 Å². The summed E-state index contributed by atoms with van der Waals surface area (Å²) < 4.78 is 0. The van der Waals surface area contributed by atoms with Crippen LogP contribution >= 0.6 is 11.8 Å². The summed E-state index contributed by atoms with van der Waals surface area (Å²) in [5.41, 5.74) is 3.10. The Morgan fingerprint density at radius 2 is 2.12 bits per heavy atom. The first-order valence-corrected chi connectivity index (χ1v) is 7.31. The molecule has 0 amide bonds. The maximum absolute atomic E-state index is 12.2. The minimum atomic E-state index is 0.232. The Balaban J connectivity index is 2.07. The highest BCUT2D eigenvalue weighted by Gasteiger charge is 2.20. The van der Waals surface area contributed by atoms with Gasteiger partial charge >= 0.3 is 0 Å². The highest BCUT2D eigenvalue weighted by Crippen LogP contribution is 2.26. The molecule has 1 aromatic carbocycles. The lowest BCUT2D eigenvalue weighted by molar-refractivity contribution is 0.102. The third-order valence-corrected chi connectivity index (χ3v) is 4.03. The van der Waals surface area contributed by atoms with E-state index in [9.17, 15) is 4.79 Å². The van der Waals surface area contributed by atoms with E-state index in [4.69, 9.17) is 0 Å². The molecule has 0 heterocycles. The van der Waals surface area contributed by atoms with E-state index < -0.39 is 0 Å². The van der Waals surface area contributed by atoms with Gasteiger partial charge in [0.05, 0.1) is 0 Å². The summed E-state index contributed by atoms with van der Waals surface area (Å²) in [6, 6.07) is 7.97. The zero-order valence-electron chi connectivity index (χ0n) is 10.2. The van der Waals surface area contributed by atoms with Crippen LogP contribution < -0.4 is 0 Å². The number of hydrogen-bond acceptors (Lipinski definition) is 2. The number of Topliss-reactive ketones (excluding diaryl/α,β-unsaturated/α-hetero) is 1. The summed E-state index contributed by atoms with van der Waals surface area (Å²) in [4.78, 5) is 12.2. The minimum absolute atomic E-state index is 0.232. The van der Waals surface area contributed by atoms with Crippen molar-refractivity contribution in [2.45, 2.75) is 32.6 Å². The summed E-state index contributed by atoms with van der Waals surface area (Å²) >= 11 is 1.78. The van der Waals surface area contributed by atoms with Gasteiger partial charge in [-0.15, -0.1) is 11.8 Å². The zero-order chi connectivity index (χ0) is 12.1. The molecule has 0 fully saturated rings. The molecule has 0 atom stereocenters.